The largest absolute Gasteiger partial charge is 0.477 e. The number of halogens is 1. The number of carboxylic acid groups (broad SMARTS) is 1. The average molecular weight is 407 g/mol. The molecule has 10 heteroatoms. The lowest BCUT2D eigenvalue weighted by Gasteiger charge is -2.25. The zero-order valence-corrected chi connectivity index (χ0v) is 15.6. The Balaban J connectivity index is 1.54. The lowest BCUT2D eigenvalue weighted by molar-refractivity contribution is 0.0683. The SMILES string of the molecule is O=C(NC1CCC1)c1cc(C(=O)O)n(Cc2cc(-c3ccc(Cl)s3)on2)n1. The zero-order chi connectivity index (χ0) is 19.0. The number of aromatic carboxylic acids is 1. The van der Waals surface area contributed by atoms with Gasteiger partial charge in [-0.2, -0.15) is 5.10 Å². The van der Waals surface area contributed by atoms with E-state index in [0.29, 0.717) is 15.8 Å². The number of carboxylic acids is 1. The summed E-state index contributed by atoms with van der Waals surface area (Å²) in [6.45, 7) is 0.0704. The highest BCUT2D eigenvalue weighted by Gasteiger charge is 2.24. The summed E-state index contributed by atoms with van der Waals surface area (Å²) in [5.41, 5.74) is 0.483. The molecule has 1 amide bonds. The maximum absolute atomic E-state index is 12.3. The Hall–Kier alpha value is -2.65. The number of carbonyl (C=O) groups excluding carboxylic acids is 1. The number of hydrogen-bond acceptors (Lipinski definition) is 6. The number of rotatable bonds is 6. The average Bonchev–Trinajstić information content (AvgIpc) is 3.30. The highest BCUT2D eigenvalue weighted by molar-refractivity contribution is 7.19. The van der Waals surface area contributed by atoms with Crippen LogP contribution in [0.1, 0.15) is 45.9 Å². The molecule has 0 saturated heterocycles. The van der Waals surface area contributed by atoms with Crippen molar-refractivity contribution in [2.45, 2.75) is 31.8 Å². The third-order valence-corrected chi connectivity index (χ3v) is 5.60. The Morgan fingerprint density at radius 2 is 2.19 bits per heavy atom. The van der Waals surface area contributed by atoms with E-state index in [1.54, 1.807) is 12.1 Å². The summed E-state index contributed by atoms with van der Waals surface area (Å²) < 4.78 is 7.17. The van der Waals surface area contributed by atoms with Gasteiger partial charge >= 0.3 is 5.97 Å². The van der Waals surface area contributed by atoms with Gasteiger partial charge in [0.05, 0.1) is 15.8 Å². The molecule has 0 atom stereocenters. The molecule has 0 spiro atoms. The normalized spacial score (nSPS) is 14.1. The second kappa shape index (κ2) is 7.16. The van der Waals surface area contributed by atoms with Crippen molar-refractivity contribution in [1.29, 1.82) is 0 Å². The molecule has 140 valence electrons. The van der Waals surface area contributed by atoms with E-state index >= 15 is 0 Å². The first-order chi connectivity index (χ1) is 13.0. The van der Waals surface area contributed by atoms with Crippen LogP contribution in [0, 0.1) is 0 Å². The molecule has 8 nitrogen and oxygen atoms in total. The highest BCUT2D eigenvalue weighted by Crippen LogP contribution is 2.31. The number of nitrogens with one attached hydrogen (secondary N) is 1. The zero-order valence-electron chi connectivity index (χ0n) is 14.0. The first-order valence-electron chi connectivity index (χ1n) is 8.33. The molecule has 3 aromatic heterocycles. The van der Waals surface area contributed by atoms with Gasteiger partial charge in [-0.1, -0.05) is 16.8 Å². The van der Waals surface area contributed by atoms with E-state index in [0.717, 1.165) is 24.1 Å². The molecule has 0 bridgehead atoms. The maximum Gasteiger partial charge on any atom is 0.354 e. The lowest BCUT2D eigenvalue weighted by Crippen LogP contribution is -2.39. The summed E-state index contributed by atoms with van der Waals surface area (Å²) in [5, 5.41) is 20.4. The van der Waals surface area contributed by atoms with Gasteiger partial charge in [0.1, 0.15) is 11.4 Å². The third kappa shape index (κ3) is 3.74. The van der Waals surface area contributed by atoms with Crippen LogP contribution in [0.3, 0.4) is 0 Å². The van der Waals surface area contributed by atoms with Gasteiger partial charge in [0.15, 0.2) is 11.5 Å². The molecule has 1 saturated carbocycles. The van der Waals surface area contributed by atoms with E-state index in [1.807, 2.05) is 6.07 Å². The van der Waals surface area contributed by atoms with E-state index in [4.69, 9.17) is 16.1 Å². The molecule has 2 N–H and O–H groups in total. The molecule has 1 aliphatic carbocycles. The topological polar surface area (TPSA) is 110 Å². The molecule has 3 aromatic rings. The van der Waals surface area contributed by atoms with Crippen LogP contribution in [0.25, 0.3) is 10.6 Å². The first-order valence-corrected chi connectivity index (χ1v) is 9.52. The summed E-state index contributed by atoms with van der Waals surface area (Å²) in [6, 6.07) is 6.69. The molecule has 3 heterocycles. The monoisotopic (exact) mass is 406 g/mol. The number of aromatic nitrogens is 3. The van der Waals surface area contributed by atoms with Crippen molar-refractivity contribution >= 4 is 34.8 Å². The number of nitrogens with zero attached hydrogens (tertiary/aromatic N) is 3. The standard InChI is InChI=1S/C17H15ClN4O4S/c18-15-5-4-14(27-15)13-6-10(21-26-13)8-22-12(17(24)25)7-11(20-22)16(23)19-9-2-1-3-9/h4-7,9H,1-3,8H2,(H,19,23)(H,24,25). The number of amides is 1. The third-order valence-electron chi connectivity index (χ3n) is 4.36. The van der Waals surface area contributed by atoms with Crippen LogP contribution in [-0.2, 0) is 6.54 Å². The second-order valence-electron chi connectivity index (χ2n) is 6.27. The molecular weight excluding hydrogens is 392 g/mol. The van der Waals surface area contributed by atoms with Crippen LogP contribution in [0.5, 0.6) is 0 Å². The van der Waals surface area contributed by atoms with E-state index in [2.05, 4.69) is 15.6 Å². The number of thiophene rings is 1. The predicted molar refractivity (Wildman–Crippen MR) is 98.2 cm³/mol. The van der Waals surface area contributed by atoms with Crippen molar-refractivity contribution in [3.8, 4) is 10.6 Å². The van der Waals surface area contributed by atoms with Gasteiger partial charge in [0.2, 0.25) is 0 Å². The minimum Gasteiger partial charge on any atom is -0.477 e. The predicted octanol–water partition coefficient (Wildman–Crippen LogP) is 3.28. The molecular formula is C17H15ClN4O4S. The van der Waals surface area contributed by atoms with Gasteiger partial charge in [-0.25, -0.2) is 4.79 Å². The van der Waals surface area contributed by atoms with Gasteiger partial charge in [0.25, 0.3) is 5.91 Å². The minimum absolute atomic E-state index is 0.0704. The van der Waals surface area contributed by atoms with Gasteiger partial charge < -0.3 is 14.9 Å². The van der Waals surface area contributed by atoms with Crippen molar-refractivity contribution in [3.05, 3.63) is 45.7 Å². The maximum atomic E-state index is 12.3. The van der Waals surface area contributed by atoms with Crippen molar-refractivity contribution in [3.63, 3.8) is 0 Å². The molecule has 27 heavy (non-hydrogen) atoms. The van der Waals surface area contributed by atoms with E-state index in [1.165, 1.54) is 22.1 Å². The van der Waals surface area contributed by atoms with E-state index in [9.17, 15) is 14.7 Å². The molecule has 1 fully saturated rings. The van der Waals surface area contributed by atoms with Gasteiger partial charge in [-0.3, -0.25) is 9.48 Å². The van der Waals surface area contributed by atoms with Crippen LogP contribution >= 0.6 is 22.9 Å². The van der Waals surface area contributed by atoms with Crippen molar-refractivity contribution in [2.24, 2.45) is 0 Å². The highest BCUT2D eigenvalue weighted by atomic mass is 35.5. The first kappa shape index (κ1) is 17.7. The van der Waals surface area contributed by atoms with Gasteiger partial charge in [0, 0.05) is 18.2 Å². The summed E-state index contributed by atoms with van der Waals surface area (Å²) in [7, 11) is 0. The molecule has 0 aromatic carbocycles. The molecule has 0 aliphatic heterocycles. The Morgan fingerprint density at radius 3 is 2.81 bits per heavy atom. The summed E-state index contributed by atoms with van der Waals surface area (Å²) in [6.07, 6.45) is 2.96. The Labute approximate surface area is 162 Å². The lowest BCUT2D eigenvalue weighted by atomic mass is 9.93. The fourth-order valence-corrected chi connectivity index (χ4v) is 3.73. The van der Waals surface area contributed by atoms with Crippen molar-refractivity contribution in [2.75, 3.05) is 0 Å². The van der Waals surface area contributed by atoms with E-state index in [-0.39, 0.29) is 29.9 Å². The van der Waals surface area contributed by atoms with Crippen molar-refractivity contribution < 1.29 is 19.2 Å². The van der Waals surface area contributed by atoms with Crippen LogP contribution in [0.4, 0.5) is 0 Å². The summed E-state index contributed by atoms with van der Waals surface area (Å²) in [5.74, 6) is -0.997. The number of hydrogen-bond donors (Lipinski definition) is 2. The molecule has 4 rings (SSSR count). The molecule has 0 radical (unpaired) electrons. The van der Waals surface area contributed by atoms with E-state index < -0.39 is 5.97 Å². The fourth-order valence-electron chi connectivity index (χ4n) is 2.73. The number of carbonyl (C=O) groups is 2. The Bertz CT molecular complexity index is 1000. The molecule has 1 aliphatic rings. The van der Waals surface area contributed by atoms with Crippen LogP contribution in [0.15, 0.2) is 28.8 Å². The summed E-state index contributed by atoms with van der Waals surface area (Å²) in [4.78, 5) is 24.6. The quantitative estimate of drug-likeness (QED) is 0.650. The van der Waals surface area contributed by atoms with Crippen LogP contribution < -0.4 is 5.32 Å². The minimum atomic E-state index is -1.17. The smallest absolute Gasteiger partial charge is 0.354 e. The van der Waals surface area contributed by atoms with Gasteiger partial charge in [-0.05, 0) is 31.4 Å². The van der Waals surface area contributed by atoms with Crippen molar-refractivity contribution in [1.82, 2.24) is 20.3 Å². The Morgan fingerprint density at radius 1 is 1.37 bits per heavy atom. The molecule has 0 unspecified atom stereocenters. The second-order valence-corrected chi connectivity index (χ2v) is 7.98. The fraction of sp³-hybridized carbons (Fsp3) is 0.294. The summed E-state index contributed by atoms with van der Waals surface area (Å²) >= 11 is 7.28. The Kier molecular flexibility index (Phi) is 4.71. The van der Waals surface area contributed by atoms with Crippen LogP contribution in [0.2, 0.25) is 4.34 Å². The van der Waals surface area contributed by atoms with Gasteiger partial charge in [-0.15, -0.1) is 11.3 Å². The van der Waals surface area contributed by atoms with Crippen LogP contribution in [-0.4, -0.2) is 38.0 Å².